The quantitative estimate of drug-likeness (QED) is 0.679. The van der Waals surface area contributed by atoms with Crippen LogP contribution in [0.5, 0.6) is 0 Å². The van der Waals surface area contributed by atoms with Crippen molar-refractivity contribution in [2.45, 2.75) is 33.9 Å². The summed E-state index contributed by atoms with van der Waals surface area (Å²) in [5.74, 6) is 0.760. The summed E-state index contributed by atoms with van der Waals surface area (Å²) in [7, 11) is 0. The van der Waals surface area contributed by atoms with E-state index in [1.807, 2.05) is 27.7 Å². The molecule has 1 aliphatic heterocycles. The molecule has 1 aromatic heterocycles. The molecular formula is C10H16N4O. The van der Waals surface area contributed by atoms with Gasteiger partial charge >= 0.3 is 0 Å². The number of fused-ring (bicyclic) bond motifs is 1. The van der Waals surface area contributed by atoms with Gasteiger partial charge in [0.15, 0.2) is 12.0 Å². The smallest absolute Gasteiger partial charge is 0.190 e. The molecule has 0 radical (unpaired) electrons. The summed E-state index contributed by atoms with van der Waals surface area (Å²) in [6.45, 7) is 7.96. The Balaban J connectivity index is 2.42. The summed E-state index contributed by atoms with van der Waals surface area (Å²) in [6.07, 6.45) is 0.946. The van der Waals surface area contributed by atoms with Crippen molar-refractivity contribution in [3.05, 3.63) is 11.8 Å². The van der Waals surface area contributed by atoms with E-state index in [4.69, 9.17) is 0 Å². The molecule has 0 bridgehead atoms. The Morgan fingerprint density at radius 3 is 2.73 bits per heavy atom. The highest BCUT2D eigenvalue weighted by molar-refractivity contribution is 5.93. The van der Waals surface area contributed by atoms with E-state index in [0.29, 0.717) is 5.71 Å². The average molecular weight is 208 g/mol. The van der Waals surface area contributed by atoms with E-state index in [1.54, 1.807) is 10.9 Å². The molecule has 0 saturated carbocycles. The molecule has 1 unspecified atom stereocenters. The van der Waals surface area contributed by atoms with E-state index in [1.165, 1.54) is 0 Å². The number of nitrogens with one attached hydrogen (secondary N) is 1. The third-order valence-electron chi connectivity index (χ3n) is 2.51. The van der Waals surface area contributed by atoms with Crippen molar-refractivity contribution in [3.63, 3.8) is 0 Å². The van der Waals surface area contributed by atoms with Gasteiger partial charge in [0.2, 0.25) is 0 Å². The van der Waals surface area contributed by atoms with Crippen molar-refractivity contribution in [1.29, 1.82) is 0 Å². The first kappa shape index (κ1) is 10.2. The van der Waals surface area contributed by atoms with Gasteiger partial charge in [0.05, 0.1) is 11.9 Å². The maximum atomic E-state index is 10.1. The van der Waals surface area contributed by atoms with Crippen LogP contribution in [0.25, 0.3) is 0 Å². The van der Waals surface area contributed by atoms with E-state index >= 15 is 0 Å². The lowest BCUT2D eigenvalue weighted by molar-refractivity contribution is 0.148. The molecule has 5 nitrogen and oxygen atoms in total. The number of aliphatic hydroxyl groups is 1. The second kappa shape index (κ2) is 3.06. The number of hydrazone groups is 1. The number of nitrogens with zero attached hydrogens (tertiary/aromatic N) is 3. The van der Waals surface area contributed by atoms with E-state index in [0.717, 1.165) is 11.4 Å². The summed E-state index contributed by atoms with van der Waals surface area (Å²) >= 11 is 0. The minimum absolute atomic E-state index is 0.177. The van der Waals surface area contributed by atoms with Crippen molar-refractivity contribution < 1.29 is 5.11 Å². The molecule has 15 heavy (non-hydrogen) atoms. The normalized spacial score (nSPS) is 20.6. The van der Waals surface area contributed by atoms with Gasteiger partial charge in [0, 0.05) is 11.0 Å². The van der Waals surface area contributed by atoms with Crippen molar-refractivity contribution in [3.8, 4) is 0 Å². The van der Waals surface area contributed by atoms with Gasteiger partial charge in [-0.25, -0.2) is 4.68 Å². The lowest BCUT2D eigenvalue weighted by Crippen LogP contribution is -2.35. The number of aryl methyl sites for hydroxylation is 1. The molecule has 0 aromatic carbocycles. The van der Waals surface area contributed by atoms with Crippen LogP contribution in [-0.2, 0) is 0 Å². The number of hydrogen-bond acceptors (Lipinski definition) is 4. The van der Waals surface area contributed by atoms with Crippen LogP contribution in [0.2, 0.25) is 0 Å². The lowest BCUT2D eigenvalue weighted by Gasteiger charge is -2.29. The van der Waals surface area contributed by atoms with Crippen LogP contribution in [0, 0.1) is 12.3 Å². The lowest BCUT2D eigenvalue weighted by atomic mass is 9.88. The van der Waals surface area contributed by atoms with Crippen LogP contribution < -0.4 is 5.43 Å². The largest absolute Gasteiger partial charge is 0.367 e. The molecule has 1 aromatic rings. The number of aliphatic hydroxyl groups excluding tert-OH is 1. The zero-order valence-electron chi connectivity index (χ0n) is 9.44. The third kappa shape index (κ3) is 1.52. The van der Waals surface area contributed by atoms with Gasteiger partial charge in [0.25, 0.3) is 0 Å². The average Bonchev–Trinajstić information content (AvgIpc) is 2.47. The number of anilines is 1. The van der Waals surface area contributed by atoms with Gasteiger partial charge in [-0.05, 0) is 6.92 Å². The second-order valence-electron chi connectivity index (χ2n) is 4.85. The van der Waals surface area contributed by atoms with Gasteiger partial charge in [0.1, 0.15) is 0 Å². The first-order valence-electron chi connectivity index (χ1n) is 4.97. The van der Waals surface area contributed by atoms with E-state index < -0.39 is 6.23 Å². The van der Waals surface area contributed by atoms with Gasteiger partial charge in [-0.3, -0.25) is 5.43 Å². The molecule has 2 heterocycles. The minimum Gasteiger partial charge on any atom is -0.367 e. The van der Waals surface area contributed by atoms with Gasteiger partial charge in [-0.15, -0.1) is 0 Å². The van der Waals surface area contributed by atoms with Crippen LogP contribution in [0.1, 0.15) is 32.6 Å². The maximum Gasteiger partial charge on any atom is 0.190 e. The Morgan fingerprint density at radius 1 is 1.47 bits per heavy atom. The predicted molar refractivity (Wildman–Crippen MR) is 58.7 cm³/mol. The molecular weight excluding hydrogens is 192 g/mol. The first-order valence-corrected chi connectivity index (χ1v) is 4.97. The highest BCUT2D eigenvalue weighted by atomic mass is 16.3. The molecule has 2 N–H and O–H groups in total. The van der Waals surface area contributed by atoms with E-state index in [9.17, 15) is 5.11 Å². The summed E-state index contributed by atoms with van der Waals surface area (Å²) in [4.78, 5) is 0. The molecule has 82 valence electrons. The van der Waals surface area contributed by atoms with Crippen molar-refractivity contribution >= 4 is 11.5 Å². The molecule has 0 saturated heterocycles. The Kier molecular flexibility index (Phi) is 2.08. The fraction of sp³-hybridized carbons (Fsp3) is 0.600. The summed E-state index contributed by atoms with van der Waals surface area (Å²) in [6, 6.07) is 0. The Bertz CT molecular complexity index is 414. The van der Waals surface area contributed by atoms with Gasteiger partial charge in [-0.1, -0.05) is 20.8 Å². The van der Waals surface area contributed by atoms with Crippen LogP contribution >= 0.6 is 0 Å². The first-order chi connectivity index (χ1) is 6.91. The minimum atomic E-state index is -0.769. The SMILES string of the molecule is Cc1cnn2c1NN=C(C(C)(C)C)C2O. The second-order valence-corrected chi connectivity index (χ2v) is 4.85. The monoisotopic (exact) mass is 208 g/mol. The molecule has 1 atom stereocenters. The highest BCUT2D eigenvalue weighted by Gasteiger charge is 2.32. The number of hydrogen-bond donors (Lipinski definition) is 2. The standard InChI is InChI=1S/C10H16N4O/c1-6-5-11-14-8(6)13-12-7(9(14)15)10(2,3)4/h5,9,13,15H,1-4H3. The van der Waals surface area contributed by atoms with E-state index in [-0.39, 0.29) is 5.41 Å². The van der Waals surface area contributed by atoms with Crippen molar-refractivity contribution in [2.24, 2.45) is 10.5 Å². The predicted octanol–water partition coefficient (Wildman–Crippen LogP) is 1.51. The van der Waals surface area contributed by atoms with Crippen molar-refractivity contribution in [2.75, 3.05) is 5.43 Å². The summed E-state index contributed by atoms with van der Waals surface area (Å²) < 4.78 is 1.56. The maximum absolute atomic E-state index is 10.1. The zero-order chi connectivity index (χ0) is 11.2. The molecule has 2 rings (SSSR count). The Hall–Kier alpha value is -1.36. The Morgan fingerprint density at radius 2 is 2.13 bits per heavy atom. The van der Waals surface area contributed by atoms with Crippen molar-refractivity contribution in [1.82, 2.24) is 9.78 Å². The summed E-state index contributed by atoms with van der Waals surface area (Å²) in [5, 5.41) is 18.4. The number of rotatable bonds is 0. The molecule has 0 spiro atoms. The fourth-order valence-corrected chi connectivity index (χ4v) is 1.61. The van der Waals surface area contributed by atoms with Gasteiger partial charge < -0.3 is 5.11 Å². The molecule has 0 amide bonds. The molecule has 1 aliphatic rings. The molecule has 0 aliphatic carbocycles. The topological polar surface area (TPSA) is 62.4 Å². The van der Waals surface area contributed by atoms with Crippen LogP contribution in [0.15, 0.2) is 11.3 Å². The summed E-state index contributed by atoms with van der Waals surface area (Å²) in [5.41, 5.74) is 4.42. The van der Waals surface area contributed by atoms with E-state index in [2.05, 4.69) is 15.6 Å². The van der Waals surface area contributed by atoms with Gasteiger partial charge in [-0.2, -0.15) is 10.2 Å². The molecule has 0 fully saturated rings. The van der Waals surface area contributed by atoms with Crippen LogP contribution in [0.4, 0.5) is 5.82 Å². The highest BCUT2D eigenvalue weighted by Crippen LogP contribution is 2.30. The number of aromatic nitrogens is 2. The van der Waals surface area contributed by atoms with Crippen LogP contribution in [0.3, 0.4) is 0 Å². The molecule has 5 heteroatoms. The Labute approximate surface area is 88.8 Å². The fourth-order valence-electron chi connectivity index (χ4n) is 1.61. The zero-order valence-corrected chi connectivity index (χ0v) is 9.44. The third-order valence-corrected chi connectivity index (χ3v) is 2.51. The van der Waals surface area contributed by atoms with Crippen LogP contribution in [-0.4, -0.2) is 20.6 Å².